The molecule has 1 aliphatic carbocycles. The lowest BCUT2D eigenvalue weighted by Crippen LogP contribution is -2.47. The Bertz CT molecular complexity index is 355. The van der Waals surface area contributed by atoms with Crippen LogP contribution in [0.2, 0.25) is 0 Å². The summed E-state index contributed by atoms with van der Waals surface area (Å²) >= 11 is 0. The molecule has 1 saturated heterocycles. The average Bonchev–Trinajstić information content (AvgIpc) is 2.38. The van der Waals surface area contributed by atoms with Crippen molar-refractivity contribution in [3.8, 4) is 0 Å². The number of rotatable bonds is 1. The van der Waals surface area contributed by atoms with Gasteiger partial charge in [-0.3, -0.25) is 0 Å². The molecule has 1 heterocycles. The Morgan fingerprint density at radius 1 is 1.10 bits per heavy atom. The molecule has 4 heteroatoms. The molecule has 0 unspecified atom stereocenters. The third-order valence-corrected chi connectivity index (χ3v) is 5.22. The van der Waals surface area contributed by atoms with Gasteiger partial charge in [-0.1, -0.05) is 0 Å². The summed E-state index contributed by atoms with van der Waals surface area (Å²) in [5.41, 5.74) is 0.0982. The van der Waals surface area contributed by atoms with E-state index in [0.29, 0.717) is 5.41 Å². The summed E-state index contributed by atoms with van der Waals surface area (Å²) in [7, 11) is 4.38. The molecule has 1 saturated carbocycles. The summed E-state index contributed by atoms with van der Waals surface area (Å²) in [5.74, 6) is 0. The monoisotopic (exact) mass is 296 g/mol. The molecule has 122 valence electrons. The lowest BCUT2D eigenvalue weighted by molar-refractivity contribution is -0.000105. The van der Waals surface area contributed by atoms with Crippen molar-refractivity contribution in [2.75, 3.05) is 27.2 Å². The van der Waals surface area contributed by atoms with E-state index in [1.165, 1.54) is 25.7 Å². The van der Waals surface area contributed by atoms with Gasteiger partial charge in [-0.2, -0.15) is 0 Å². The minimum atomic E-state index is -0.393. The van der Waals surface area contributed by atoms with Crippen LogP contribution in [0.25, 0.3) is 0 Å². The summed E-state index contributed by atoms with van der Waals surface area (Å²) in [6, 6.07) is 0.750. The maximum absolute atomic E-state index is 12.1. The van der Waals surface area contributed by atoms with Crippen LogP contribution in [0.5, 0.6) is 0 Å². The molecule has 0 aromatic carbocycles. The van der Waals surface area contributed by atoms with Gasteiger partial charge in [0, 0.05) is 19.1 Å². The smallest absolute Gasteiger partial charge is 0.410 e. The van der Waals surface area contributed by atoms with E-state index < -0.39 is 5.60 Å². The van der Waals surface area contributed by atoms with Gasteiger partial charge in [0.1, 0.15) is 5.60 Å². The number of likely N-dealkylation sites (tertiary alicyclic amines) is 1. The minimum Gasteiger partial charge on any atom is -0.444 e. The third-order valence-electron chi connectivity index (χ3n) is 5.22. The van der Waals surface area contributed by atoms with Crippen molar-refractivity contribution in [1.29, 1.82) is 0 Å². The number of piperidine rings is 1. The van der Waals surface area contributed by atoms with E-state index in [0.717, 1.165) is 32.0 Å². The first-order chi connectivity index (χ1) is 9.71. The van der Waals surface area contributed by atoms with Gasteiger partial charge in [0.2, 0.25) is 0 Å². The van der Waals surface area contributed by atoms with Crippen LogP contribution in [-0.2, 0) is 4.74 Å². The molecule has 0 aromatic rings. The zero-order valence-electron chi connectivity index (χ0n) is 14.4. The van der Waals surface area contributed by atoms with E-state index >= 15 is 0 Å². The first-order valence-electron chi connectivity index (χ1n) is 8.35. The van der Waals surface area contributed by atoms with Crippen LogP contribution < -0.4 is 0 Å². The van der Waals surface area contributed by atoms with Crippen LogP contribution in [0.4, 0.5) is 4.79 Å². The van der Waals surface area contributed by atoms with E-state index in [9.17, 15) is 4.79 Å². The first kappa shape index (κ1) is 16.6. The molecule has 0 N–H and O–H groups in total. The fourth-order valence-corrected chi connectivity index (χ4v) is 3.72. The van der Waals surface area contributed by atoms with Crippen LogP contribution in [-0.4, -0.2) is 54.7 Å². The van der Waals surface area contributed by atoms with Crippen molar-refractivity contribution >= 4 is 6.09 Å². The highest BCUT2D eigenvalue weighted by Gasteiger charge is 2.40. The molecule has 0 aromatic heterocycles. The number of carbonyl (C=O) groups is 1. The van der Waals surface area contributed by atoms with Gasteiger partial charge in [0.15, 0.2) is 0 Å². The molecular weight excluding hydrogens is 264 g/mol. The molecule has 1 aliphatic heterocycles. The molecule has 0 radical (unpaired) electrons. The fourth-order valence-electron chi connectivity index (χ4n) is 3.72. The lowest BCUT2D eigenvalue weighted by atomic mass is 9.67. The topological polar surface area (TPSA) is 32.8 Å². The molecule has 2 fully saturated rings. The molecule has 1 amide bonds. The Morgan fingerprint density at radius 3 is 2.05 bits per heavy atom. The summed E-state index contributed by atoms with van der Waals surface area (Å²) in [6.07, 6.45) is 7.40. The van der Waals surface area contributed by atoms with Crippen LogP contribution in [0.15, 0.2) is 0 Å². The number of nitrogens with zero attached hydrogens (tertiary/aromatic N) is 2. The van der Waals surface area contributed by atoms with Crippen LogP contribution in [0.3, 0.4) is 0 Å². The van der Waals surface area contributed by atoms with Crippen molar-refractivity contribution in [2.24, 2.45) is 5.41 Å². The van der Waals surface area contributed by atoms with E-state index in [1.54, 1.807) is 0 Å². The first-order valence-corrected chi connectivity index (χ1v) is 8.35. The zero-order valence-corrected chi connectivity index (χ0v) is 14.4. The Kier molecular flexibility index (Phi) is 4.86. The summed E-state index contributed by atoms with van der Waals surface area (Å²) in [5, 5.41) is 0. The number of amides is 1. The highest BCUT2D eigenvalue weighted by Crippen LogP contribution is 2.45. The van der Waals surface area contributed by atoms with E-state index in [2.05, 4.69) is 19.0 Å². The van der Waals surface area contributed by atoms with Crippen LogP contribution in [0.1, 0.15) is 59.3 Å². The third kappa shape index (κ3) is 4.35. The van der Waals surface area contributed by atoms with Crippen molar-refractivity contribution in [3.05, 3.63) is 0 Å². The number of ether oxygens (including phenoxy) is 1. The van der Waals surface area contributed by atoms with Gasteiger partial charge in [0.05, 0.1) is 0 Å². The minimum absolute atomic E-state index is 0.140. The van der Waals surface area contributed by atoms with Crippen LogP contribution in [0, 0.1) is 5.41 Å². The molecular formula is C17H32N2O2. The highest BCUT2D eigenvalue weighted by molar-refractivity contribution is 5.68. The van der Waals surface area contributed by atoms with Gasteiger partial charge in [-0.15, -0.1) is 0 Å². The standard InChI is InChI=1S/C17H32N2O2/c1-16(2,3)21-15(20)19-12-10-17(11-13-19)8-6-14(7-9-17)18(4)5/h14H,6-13H2,1-5H3. The Hall–Kier alpha value is -0.770. The highest BCUT2D eigenvalue weighted by atomic mass is 16.6. The SMILES string of the molecule is CN(C)C1CCC2(CC1)CCN(C(=O)OC(C)(C)C)CC2. The summed E-state index contributed by atoms with van der Waals surface area (Å²) in [4.78, 5) is 16.4. The largest absolute Gasteiger partial charge is 0.444 e. The van der Waals surface area contributed by atoms with Gasteiger partial charge in [-0.05, 0) is 78.8 Å². The molecule has 4 nitrogen and oxygen atoms in total. The number of carbonyl (C=O) groups excluding carboxylic acids is 1. The van der Waals surface area contributed by atoms with E-state index in [4.69, 9.17) is 4.74 Å². The molecule has 2 rings (SSSR count). The predicted octanol–water partition coefficient (Wildman–Crippen LogP) is 3.51. The Morgan fingerprint density at radius 2 is 1.62 bits per heavy atom. The van der Waals surface area contributed by atoms with Crippen molar-refractivity contribution in [2.45, 2.75) is 70.9 Å². The second kappa shape index (κ2) is 6.15. The predicted molar refractivity (Wildman–Crippen MR) is 85.4 cm³/mol. The second-order valence-corrected chi connectivity index (χ2v) is 8.16. The molecule has 1 spiro atoms. The number of hydrogen-bond donors (Lipinski definition) is 0. The zero-order chi connectivity index (χ0) is 15.7. The van der Waals surface area contributed by atoms with Crippen molar-refractivity contribution in [3.63, 3.8) is 0 Å². The van der Waals surface area contributed by atoms with E-state index in [1.807, 2.05) is 25.7 Å². The molecule has 2 aliphatic rings. The van der Waals surface area contributed by atoms with Crippen molar-refractivity contribution in [1.82, 2.24) is 9.80 Å². The maximum Gasteiger partial charge on any atom is 0.410 e. The second-order valence-electron chi connectivity index (χ2n) is 8.16. The van der Waals surface area contributed by atoms with Crippen molar-refractivity contribution < 1.29 is 9.53 Å². The van der Waals surface area contributed by atoms with Gasteiger partial charge < -0.3 is 14.5 Å². The lowest BCUT2D eigenvalue weighted by Gasteiger charge is -2.46. The van der Waals surface area contributed by atoms with E-state index in [-0.39, 0.29) is 6.09 Å². The molecule has 0 atom stereocenters. The molecule has 0 bridgehead atoms. The Balaban J connectivity index is 1.82. The van der Waals surface area contributed by atoms with Gasteiger partial charge in [0.25, 0.3) is 0 Å². The quantitative estimate of drug-likeness (QED) is 0.742. The molecule has 21 heavy (non-hydrogen) atoms. The van der Waals surface area contributed by atoms with Gasteiger partial charge >= 0.3 is 6.09 Å². The Labute approximate surface area is 129 Å². The number of hydrogen-bond acceptors (Lipinski definition) is 3. The summed E-state index contributed by atoms with van der Waals surface area (Å²) in [6.45, 7) is 7.51. The van der Waals surface area contributed by atoms with Crippen LogP contribution >= 0.6 is 0 Å². The average molecular weight is 296 g/mol. The summed E-state index contributed by atoms with van der Waals surface area (Å²) < 4.78 is 5.48. The fraction of sp³-hybridized carbons (Fsp3) is 0.941. The maximum atomic E-state index is 12.1. The normalized spacial score (nSPS) is 23.6. The van der Waals surface area contributed by atoms with Gasteiger partial charge in [-0.25, -0.2) is 4.79 Å².